The molecule has 14 unspecified atom stereocenters. The van der Waals surface area contributed by atoms with Crippen LogP contribution >= 0.6 is 0 Å². The van der Waals surface area contributed by atoms with Crippen molar-refractivity contribution in [3.8, 4) is 0 Å². The number of hydrogen-bond acceptors (Lipinski definition) is 14. The molecule has 3 saturated heterocycles. The SMILES string of the molecule is CC1OC(OC2C(O)OC(CO)C(O)C2OC2OC(CO)C(O)C(O)C2O)CC(O)C1O. The third-order valence-electron chi connectivity index (χ3n) is 5.94. The van der Waals surface area contributed by atoms with Gasteiger partial charge in [0.05, 0.1) is 25.4 Å². The first-order valence-corrected chi connectivity index (χ1v) is 10.3. The van der Waals surface area contributed by atoms with E-state index in [1.807, 2.05) is 0 Å². The molecule has 3 heterocycles. The van der Waals surface area contributed by atoms with Gasteiger partial charge >= 0.3 is 0 Å². The molecule has 3 fully saturated rings. The summed E-state index contributed by atoms with van der Waals surface area (Å²) in [6.07, 6.45) is -20.3. The molecule has 3 aliphatic rings. The van der Waals surface area contributed by atoms with Gasteiger partial charge in [0.25, 0.3) is 0 Å². The van der Waals surface area contributed by atoms with Crippen molar-refractivity contribution < 1.29 is 69.6 Å². The van der Waals surface area contributed by atoms with Crippen molar-refractivity contribution in [3.05, 3.63) is 0 Å². The van der Waals surface area contributed by atoms with Crippen LogP contribution in [0, 0.1) is 0 Å². The average Bonchev–Trinajstić information content (AvgIpc) is 2.76. The molecule has 0 amide bonds. The summed E-state index contributed by atoms with van der Waals surface area (Å²) in [5.41, 5.74) is 0. The van der Waals surface area contributed by atoms with Gasteiger partial charge in [-0.1, -0.05) is 0 Å². The first-order valence-electron chi connectivity index (χ1n) is 10.3. The molecule has 3 aliphatic heterocycles. The number of hydrogen-bond donors (Lipinski definition) is 9. The number of ether oxygens (including phenoxy) is 5. The van der Waals surface area contributed by atoms with Crippen LogP contribution in [0.15, 0.2) is 0 Å². The molecule has 0 spiro atoms. The maximum absolute atomic E-state index is 10.6. The predicted octanol–water partition coefficient (Wildman–Crippen LogP) is -5.52. The lowest BCUT2D eigenvalue weighted by molar-refractivity contribution is -0.377. The second kappa shape index (κ2) is 10.8. The van der Waals surface area contributed by atoms with Crippen molar-refractivity contribution >= 4 is 0 Å². The standard InChI is InChI=1S/C18H32O14/c1-5-10(22)6(21)2-9(28-5)31-16-15(12(24)8(4-20)29-17(16)27)32-18-14(26)13(25)11(23)7(3-19)30-18/h5-27H,2-4H2,1H3. The minimum absolute atomic E-state index is 0.180. The molecule has 3 rings (SSSR count). The molecule has 0 aromatic carbocycles. The van der Waals surface area contributed by atoms with Crippen LogP contribution in [0.3, 0.4) is 0 Å². The molecule has 0 aromatic rings. The lowest BCUT2D eigenvalue weighted by atomic mass is 9.96. The summed E-state index contributed by atoms with van der Waals surface area (Å²) in [5, 5.41) is 89.7. The maximum atomic E-state index is 10.6. The summed E-state index contributed by atoms with van der Waals surface area (Å²) in [7, 11) is 0. The molecular formula is C18H32O14. The van der Waals surface area contributed by atoms with Crippen LogP contribution in [0.25, 0.3) is 0 Å². The highest BCUT2D eigenvalue weighted by atomic mass is 16.8. The first kappa shape index (κ1) is 26.1. The van der Waals surface area contributed by atoms with Crippen LogP contribution in [0.4, 0.5) is 0 Å². The zero-order valence-corrected chi connectivity index (χ0v) is 17.3. The zero-order valence-electron chi connectivity index (χ0n) is 17.3. The molecule has 14 atom stereocenters. The third-order valence-corrected chi connectivity index (χ3v) is 5.94. The van der Waals surface area contributed by atoms with E-state index in [2.05, 4.69) is 0 Å². The van der Waals surface area contributed by atoms with Gasteiger partial charge < -0.3 is 69.6 Å². The zero-order chi connectivity index (χ0) is 23.7. The second-order valence-corrected chi connectivity index (χ2v) is 8.20. The molecule has 14 nitrogen and oxygen atoms in total. The van der Waals surface area contributed by atoms with E-state index in [1.54, 1.807) is 0 Å². The average molecular weight is 472 g/mol. The first-order chi connectivity index (χ1) is 15.1. The molecule has 188 valence electrons. The quantitative estimate of drug-likeness (QED) is 0.176. The van der Waals surface area contributed by atoms with Crippen molar-refractivity contribution in [1.82, 2.24) is 0 Å². The third kappa shape index (κ3) is 5.24. The van der Waals surface area contributed by atoms with Crippen molar-refractivity contribution in [3.63, 3.8) is 0 Å². The minimum atomic E-state index is -1.80. The molecule has 0 aliphatic carbocycles. The van der Waals surface area contributed by atoms with Gasteiger partial charge in [-0.25, -0.2) is 0 Å². The smallest absolute Gasteiger partial charge is 0.187 e. The van der Waals surface area contributed by atoms with Gasteiger partial charge in [0, 0.05) is 6.42 Å². The number of aliphatic hydroxyl groups is 9. The van der Waals surface area contributed by atoms with Gasteiger partial charge in [0.2, 0.25) is 0 Å². The van der Waals surface area contributed by atoms with Crippen LogP contribution in [0.2, 0.25) is 0 Å². The van der Waals surface area contributed by atoms with Gasteiger partial charge in [-0.15, -0.1) is 0 Å². The Balaban J connectivity index is 1.78. The van der Waals surface area contributed by atoms with Gasteiger partial charge in [-0.3, -0.25) is 0 Å². The van der Waals surface area contributed by atoms with Crippen LogP contribution in [0.5, 0.6) is 0 Å². The summed E-state index contributed by atoms with van der Waals surface area (Å²) in [6.45, 7) is 0.0775. The Labute approximate surface area is 183 Å². The molecule has 14 heteroatoms. The maximum Gasteiger partial charge on any atom is 0.187 e. The van der Waals surface area contributed by atoms with Crippen molar-refractivity contribution in [1.29, 1.82) is 0 Å². The van der Waals surface area contributed by atoms with Crippen molar-refractivity contribution in [2.24, 2.45) is 0 Å². The largest absolute Gasteiger partial charge is 0.394 e. The molecule has 0 bridgehead atoms. The Morgan fingerprint density at radius 1 is 0.688 bits per heavy atom. The molecule has 32 heavy (non-hydrogen) atoms. The van der Waals surface area contributed by atoms with E-state index in [-0.39, 0.29) is 6.42 Å². The normalized spacial score (nSPS) is 52.7. The van der Waals surface area contributed by atoms with Crippen LogP contribution < -0.4 is 0 Å². The van der Waals surface area contributed by atoms with Gasteiger partial charge in [-0.05, 0) is 6.92 Å². The van der Waals surface area contributed by atoms with Crippen LogP contribution in [-0.4, -0.2) is 145 Å². The highest BCUT2D eigenvalue weighted by Gasteiger charge is 2.52. The summed E-state index contributed by atoms with van der Waals surface area (Å²) in [5.74, 6) is 0. The van der Waals surface area contributed by atoms with E-state index in [1.165, 1.54) is 6.92 Å². The predicted molar refractivity (Wildman–Crippen MR) is 98.5 cm³/mol. The Kier molecular flexibility index (Phi) is 8.79. The summed E-state index contributed by atoms with van der Waals surface area (Å²) in [6, 6.07) is 0. The molecule has 0 radical (unpaired) electrons. The monoisotopic (exact) mass is 472 g/mol. The molecular weight excluding hydrogens is 440 g/mol. The Morgan fingerprint density at radius 2 is 1.31 bits per heavy atom. The topological polar surface area (TPSA) is 228 Å². The fraction of sp³-hybridized carbons (Fsp3) is 1.00. The van der Waals surface area contributed by atoms with E-state index in [0.717, 1.165) is 0 Å². The lowest BCUT2D eigenvalue weighted by Gasteiger charge is -2.47. The summed E-state index contributed by atoms with van der Waals surface area (Å²) < 4.78 is 27.1. The highest BCUT2D eigenvalue weighted by Crippen LogP contribution is 2.32. The summed E-state index contributed by atoms with van der Waals surface area (Å²) in [4.78, 5) is 0. The highest BCUT2D eigenvalue weighted by molar-refractivity contribution is 4.95. The van der Waals surface area contributed by atoms with Gasteiger partial charge in [0.1, 0.15) is 54.9 Å². The van der Waals surface area contributed by atoms with Gasteiger partial charge in [0.15, 0.2) is 18.9 Å². The summed E-state index contributed by atoms with van der Waals surface area (Å²) >= 11 is 0. The van der Waals surface area contributed by atoms with E-state index in [4.69, 9.17) is 23.7 Å². The fourth-order valence-electron chi connectivity index (χ4n) is 3.98. The minimum Gasteiger partial charge on any atom is -0.394 e. The lowest BCUT2D eigenvalue weighted by Crippen LogP contribution is -2.65. The van der Waals surface area contributed by atoms with E-state index >= 15 is 0 Å². The Hall–Kier alpha value is -0.560. The van der Waals surface area contributed by atoms with E-state index in [0.29, 0.717) is 0 Å². The van der Waals surface area contributed by atoms with Crippen LogP contribution in [0.1, 0.15) is 13.3 Å². The Morgan fingerprint density at radius 3 is 1.91 bits per heavy atom. The number of rotatable bonds is 6. The molecule has 0 saturated carbocycles. The van der Waals surface area contributed by atoms with E-state index in [9.17, 15) is 46.0 Å². The van der Waals surface area contributed by atoms with Crippen molar-refractivity contribution in [2.75, 3.05) is 13.2 Å². The van der Waals surface area contributed by atoms with Crippen molar-refractivity contribution in [2.45, 2.75) is 99.4 Å². The molecule has 0 aromatic heterocycles. The van der Waals surface area contributed by atoms with Gasteiger partial charge in [-0.2, -0.15) is 0 Å². The Bertz CT molecular complexity index is 582. The number of aliphatic hydroxyl groups excluding tert-OH is 9. The van der Waals surface area contributed by atoms with Crippen LogP contribution in [-0.2, 0) is 23.7 Å². The fourth-order valence-corrected chi connectivity index (χ4v) is 3.98. The molecule has 9 N–H and O–H groups in total. The second-order valence-electron chi connectivity index (χ2n) is 8.20. The van der Waals surface area contributed by atoms with E-state index < -0.39 is 99.2 Å².